The lowest BCUT2D eigenvalue weighted by atomic mass is 10.2. The predicted octanol–water partition coefficient (Wildman–Crippen LogP) is 0.212. The molecule has 2 heteroatoms. The second-order valence-corrected chi connectivity index (χ2v) is 1.93. The van der Waals surface area contributed by atoms with E-state index in [1.54, 1.807) is 0 Å². The third-order valence-corrected chi connectivity index (χ3v) is 1.10. The standard InChI is InChI=1S/C5H9NO/c1-4-2-5(7)3-6-4/h5,7H,2-3H2,1H3. The summed E-state index contributed by atoms with van der Waals surface area (Å²) in [6.07, 6.45) is 0.597. The Labute approximate surface area is 42.9 Å². The van der Waals surface area contributed by atoms with Crippen molar-refractivity contribution in [3.63, 3.8) is 0 Å². The molecule has 1 aliphatic rings. The zero-order valence-electron chi connectivity index (χ0n) is 4.39. The van der Waals surface area contributed by atoms with Crippen molar-refractivity contribution in [2.24, 2.45) is 4.99 Å². The van der Waals surface area contributed by atoms with E-state index in [1.807, 2.05) is 6.92 Å². The molecule has 0 amide bonds. The van der Waals surface area contributed by atoms with E-state index in [9.17, 15) is 0 Å². The molecule has 1 aliphatic heterocycles. The Morgan fingerprint density at radius 1 is 1.86 bits per heavy atom. The zero-order chi connectivity index (χ0) is 5.28. The quantitative estimate of drug-likeness (QED) is 0.462. The van der Waals surface area contributed by atoms with Crippen molar-refractivity contribution >= 4 is 5.71 Å². The van der Waals surface area contributed by atoms with Crippen LogP contribution in [0, 0.1) is 0 Å². The molecular weight excluding hydrogens is 90.1 g/mol. The average molecular weight is 99.1 g/mol. The van der Waals surface area contributed by atoms with Crippen molar-refractivity contribution in [2.75, 3.05) is 6.54 Å². The fourth-order valence-corrected chi connectivity index (χ4v) is 0.731. The Balaban J connectivity index is 2.42. The molecule has 0 aromatic rings. The zero-order valence-corrected chi connectivity index (χ0v) is 4.39. The molecule has 0 fully saturated rings. The predicted molar refractivity (Wildman–Crippen MR) is 28.6 cm³/mol. The van der Waals surface area contributed by atoms with Gasteiger partial charge in [-0.25, -0.2) is 0 Å². The van der Waals surface area contributed by atoms with Gasteiger partial charge in [0.15, 0.2) is 0 Å². The lowest BCUT2D eigenvalue weighted by Gasteiger charge is -1.92. The summed E-state index contributed by atoms with van der Waals surface area (Å²) in [7, 11) is 0. The topological polar surface area (TPSA) is 32.6 Å². The van der Waals surface area contributed by atoms with Crippen molar-refractivity contribution in [1.29, 1.82) is 0 Å². The SMILES string of the molecule is CC1=NCC(O)C1. The van der Waals surface area contributed by atoms with Gasteiger partial charge >= 0.3 is 0 Å². The van der Waals surface area contributed by atoms with E-state index in [0.29, 0.717) is 6.54 Å². The van der Waals surface area contributed by atoms with Gasteiger partial charge in [0, 0.05) is 12.1 Å². The molecule has 40 valence electrons. The van der Waals surface area contributed by atoms with E-state index < -0.39 is 0 Å². The van der Waals surface area contributed by atoms with Crippen molar-refractivity contribution in [3.8, 4) is 0 Å². The molecule has 1 unspecified atom stereocenters. The first kappa shape index (κ1) is 4.78. The molecule has 0 radical (unpaired) electrons. The number of aliphatic hydroxyl groups is 1. The summed E-state index contributed by atoms with van der Waals surface area (Å²) in [6, 6.07) is 0. The molecule has 0 aromatic carbocycles. The number of hydrogen-bond acceptors (Lipinski definition) is 2. The van der Waals surface area contributed by atoms with Gasteiger partial charge in [-0.1, -0.05) is 0 Å². The first-order valence-electron chi connectivity index (χ1n) is 2.47. The average Bonchev–Trinajstić information content (AvgIpc) is 1.87. The minimum atomic E-state index is -0.181. The fourth-order valence-electron chi connectivity index (χ4n) is 0.731. The molecule has 0 aromatic heterocycles. The van der Waals surface area contributed by atoms with Gasteiger partial charge in [-0.15, -0.1) is 0 Å². The van der Waals surface area contributed by atoms with Crippen LogP contribution >= 0.6 is 0 Å². The monoisotopic (exact) mass is 99.1 g/mol. The third-order valence-electron chi connectivity index (χ3n) is 1.10. The van der Waals surface area contributed by atoms with Crippen molar-refractivity contribution < 1.29 is 5.11 Å². The largest absolute Gasteiger partial charge is 0.391 e. The van der Waals surface area contributed by atoms with Crippen LogP contribution in [0.3, 0.4) is 0 Å². The van der Waals surface area contributed by atoms with Gasteiger partial charge < -0.3 is 5.11 Å². The number of aliphatic hydroxyl groups excluding tert-OH is 1. The van der Waals surface area contributed by atoms with Gasteiger partial charge in [0.2, 0.25) is 0 Å². The Bertz CT molecular complexity index is 98.3. The van der Waals surface area contributed by atoms with Gasteiger partial charge in [-0.05, 0) is 6.92 Å². The molecule has 1 atom stereocenters. The van der Waals surface area contributed by atoms with Crippen LogP contribution in [0.25, 0.3) is 0 Å². The highest BCUT2D eigenvalue weighted by atomic mass is 16.3. The Morgan fingerprint density at radius 3 is 2.71 bits per heavy atom. The molecule has 0 bridgehead atoms. The van der Waals surface area contributed by atoms with Gasteiger partial charge in [0.1, 0.15) is 0 Å². The molecular formula is C5H9NO. The maximum Gasteiger partial charge on any atom is 0.0787 e. The minimum Gasteiger partial charge on any atom is -0.391 e. The maximum absolute atomic E-state index is 8.78. The number of hydrogen-bond donors (Lipinski definition) is 1. The van der Waals surface area contributed by atoms with Gasteiger partial charge in [0.25, 0.3) is 0 Å². The summed E-state index contributed by atoms with van der Waals surface area (Å²) in [4.78, 5) is 3.98. The molecule has 1 N–H and O–H groups in total. The van der Waals surface area contributed by atoms with Crippen LogP contribution in [-0.2, 0) is 0 Å². The van der Waals surface area contributed by atoms with E-state index >= 15 is 0 Å². The minimum absolute atomic E-state index is 0.181. The van der Waals surface area contributed by atoms with Crippen LogP contribution in [0.5, 0.6) is 0 Å². The summed E-state index contributed by atoms with van der Waals surface area (Å²) in [5, 5.41) is 8.78. The molecule has 0 saturated heterocycles. The van der Waals surface area contributed by atoms with Crippen molar-refractivity contribution in [2.45, 2.75) is 19.4 Å². The highest BCUT2D eigenvalue weighted by molar-refractivity contribution is 5.83. The molecule has 0 aliphatic carbocycles. The van der Waals surface area contributed by atoms with Crippen LogP contribution in [-0.4, -0.2) is 23.5 Å². The lowest BCUT2D eigenvalue weighted by Crippen LogP contribution is -2.04. The number of nitrogens with zero attached hydrogens (tertiary/aromatic N) is 1. The first-order valence-corrected chi connectivity index (χ1v) is 2.47. The summed E-state index contributed by atoms with van der Waals surface area (Å²) in [5.74, 6) is 0. The van der Waals surface area contributed by atoms with E-state index in [-0.39, 0.29) is 6.10 Å². The summed E-state index contributed by atoms with van der Waals surface area (Å²) in [6.45, 7) is 2.56. The maximum atomic E-state index is 8.78. The van der Waals surface area contributed by atoms with E-state index in [4.69, 9.17) is 5.11 Å². The Morgan fingerprint density at radius 2 is 2.57 bits per heavy atom. The smallest absolute Gasteiger partial charge is 0.0787 e. The lowest BCUT2D eigenvalue weighted by molar-refractivity contribution is 0.200. The summed E-state index contributed by atoms with van der Waals surface area (Å²) >= 11 is 0. The van der Waals surface area contributed by atoms with E-state index in [2.05, 4.69) is 4.99 Å². The van der Waals surface area contributed by atoms with Crippen molar-refractivity contribution in [1.82, 2.24) is 0 Å². The molecule has 0 saturated carbocycles. The van der Waals surface area contributed by atoms with Crippen molar-refractivity contribution in [3.05, 3.63) is 0 Å². The highest BCUT2D eigenvalue weighted by Gasteiger charge is 2.10. The number of aliphatic imine (C=N–C) groups is 1. The van der Waals surface area contributed by atoms with Crippen LogP contribution in [0.15, 0.2) is 4.99 Å². The molecule has 1 rings (SSSR count). The fraction of sp³-hybridized carbons (Fsp3) is 0.800. The van der Waals surface area contributed by atoms with E-state index in [1.165, 1.54) is 0 Å². The van der Waals surface area contributed by atoms with Crippen LogP contribution in [0.4, 0.5) is 0 Å². The summed E-state index contributed by atoms with van der Waals surface area (Å²) in [5.41, 5.74) is 1.08. The van der Waals surface area contributed by atoms with Crippen LogP contribution < -0.4 is 0 Å². The van der Waals surface area contributed by atoms with Crippen LogP contribution in [0.1, 0.15) is 13.3 Å². The molecule has 0 spiro atoms. The van der Waals surface area contributed by atoms with Gasteiger partial charge in [0.05, 0.1) is 12.6 Å². The number of rotatable bonds is 0. The van der Waals surface area contributed by atoms with Crippen LogP contribution in [0.2, 0.25) is 0 Å². The molecule has 7 heavy (non-hydrogen) atoms. The second-order valence-electron chi connectivity index (χ2n) is 1.93. The summed E-state index contributed by atoms with van der Waals surface area (Å²) < 4.78 is 0. The Hall–Kier alpha value is -0.370. The normalized spacial score (nSPS) is 30.6. The highest BCUT2D eigenvalue weighted by Crippen LogP contribution is 2.02. The van der Waals surface area contributed by atoms with Gasteiger partial charge in [-0.3, -0.25) is 4.99 Å². The third kappa shape index (κ3) is 0.996. The molecule has 2 nitrogen and oxygen atoms in total. The van der Waals surface area contributed by atoms with E-state index in [0.717, 1.165) is 12.1 Å². The first-order chi connectivity index (χ1) is 3.29. The Kier molecular flexibility index (Phi) is 1.11. The molecule has 1 heterocycles. The second kappa shape index (κ2) is 1.62. The van der Waals surface area contributed by atoms with Gasteiger partial charge in [-0.2, -0.15) is 0 Å².